The largest absolute Gasteiger partial charge is 0.495 e. The predicted molar refractivity (Wildman–Crippen MR) is 75.6 cm³/mol. The van der Waals surface area contributed by atoms with E-state index in [-0.39, 0.29) is 22.9 Å². The lowest BCUT2D eigenvalue weighted by Gasteiger charge is -2.10. The second kappa shape index (κ2) is 6.21. The van der Waals surface area contributed by atoms with E-state index < -0.39 is 19.9 Å². The average Bonchev–Trinajstić information content (AvgIpc) is 2.27. The number of ether oxygens (including phenoxy) is 1. The molecule has 108 valence electrons. The molecule has 6 nitrogen and oxygen atoms in total. The van der Waals surface area contributed by atoms with Gasteiger partial charge in [-0.05, 0) is 18.2 Å². The van der Waals surface area contributed by atoms with E-state index in [2.05, 4.69) is 20.7 Å². The summed E-state index contributed by atoms with van der Waals surface area (Å²) in [7, 11) is -5.68. The molecule has 1 rings (SSSR count). The van der Waals surface area contributed by atoms with Gasteiger partial charge in [-0.2, -0.15) is 0 Å². The standard InChI is InChI=1S/C10H14BrNO5S2/c1-17-9-4-3-8(11)7-10(9)19(15,16)12-5-6-18(2,13)14/h3-4,7,12H,5-6H2,1-2H3. The molecular weight excluding hydrogens is 358 g/mol. The minimum atomic E-state index is -3.82. The third-order valence-corrected chi connectivity index (χ3v) is 5.10. The summed E-state index contributed by atoms with van der Waals surface area (Å²) in [5, 5.41) is 0. The Morgan fingerprint density at radius 1 is 1.26 bits per heavy atom. The Kier molecular flexibility index (Phi) is 5.36. The molecule has 0 aromatic heterocycles. The number of nitrogens with one attached hydrogen (secondary N) is 1. The number of sulfonamides is 1. The number of benzene rings is 1. The van der Waals surface area contributed by atoms with Gasteiger partial charge in [-0.15, -0.1) is 0 Å². The monoisotopic (exact) mass is 371 g/mol. The first-order valence-electron chi connectivity index (χ1n) is 5.16. The molecule has 0 radical (unpaired) electrons. The van der Waals surface area contributed by atoms with Gasteiger partial charge in [0.15, 0.2) is 0 Å². The second-order valence-electron chi connectivity index (χ2n) is 3.82. The number of sulfone groups is 1. The van der Waals surface area contributed by atoms with Crippen LogP contribution in [-0.4, -0.2) is 42.5 Å². The Morgan fingerprint density at radius 2 is 1.89 bits per heavy atom. The molecule has 0 atom stereocenters. The summed E-state index contributed by atoms with van der Waals surface area (Å²) in [4.78, 5) is -0.0436. The molecule has 0 fully saturated rings. The molecule has 0 bridgehead atoms. The third kappa shape index (κ3) is 5.09. The highest BCUT2D eigenvalue weighted by atomic mass is 79.9. The van der Waals surface area contributed by atoms with Crippen molar-refractivity contribution in [3.63, 3.8) is 0 Å². The topological polar surface area (TPSA) is 89.5 Å². The lowest BCUT2D eigenvalue weighted by atomic mass is 10.3. The Labute approximate surface area is 121 Å². The van der Waals surface area contributed by atoms with Gasteiger partial charge in [0.05, 0.1) is 12.9 Å². The SMILES string of the molecule is COc1ccc(Br)cc1S(=O)(=O)NCCS(C)(=O)=O. The molecule has 1 aromatic rings. The minimum absolute atomic E-state index is 0.0436. The van der Waals surface area contributed by atoms with Crippen LogP contribution in [0.2, 0.25) is 0 Å². The fourth-order valence-electron chi connectivity index (χ4n) is 1.30. The summed E-state index contributed by atoms with van der Waals surface area (Å²) in [6.45, 7) is -0.184. The first-order chi connectivity index (χ1) is 8.65. The van der Waals surface area contributed by atoms with E-state index in [9.17, 15) is 16.8 Å². The maximum absolute atomic E-state index is 12.0. The van der Waals surface area contributed by atoms with Crippen LogP contribution in [-0.2, 0) is 19.9 Å². The van der Waals surface area contributed by atoms with E-state index >= 15 is 0 Å². The lowest BCUT2D eigenvalue weighted by Crippen LogP contribution is -2.29. The molecule has 0 unspecified atom stereocenters. The molecule has 0 saturated carbocycles. The fraction of sp³-hybridized carbons (Fsp3) is 0.400. The third-order valence-electron chi connectivity index (χ3n) is 2.18. The van der Waals surface area contributed by atoms with Crippen LogP contribution in [0.15, 0.2) is 27.6 Å². The Hall–Kier alpha value is -0.640. The summed E-state index contributed by atoms with van der Waals surface area (Å²) in [5.74, 6) is -0.0715. The van der Waals surface area contributed by atoms with Crippen molar-refractivity contribution in [3.05, 3.63) is 22.7 Å². The van der Waals surface area contributed by atoms with Crippen LogP contribution in [0.25, 0.3) is 0 Å². The van der Waals surface area contributed by atoms with Gasteiger partial charge in [-0.25, -0.2) is 21.6 Å². The number of rotatable bonds is 6. The van der Waals surface area contributed by atoms with Crippen LogP contribution in [0.4, 0.5) is 0 Å². The maximum atomic E-state index is 12.0. The first kappa shape index (κ1) is 16.4. The van der Waals surface area contributed by atoms with Crippen molar-refractivity contribution in [2.24, 2.45) is 0 Å². The van der Waals surface area contributed by atoms with Crippen molar-refractivity contribution < 1.29 is 21.6 Å². The molecule has 0 saturated heterocycles. The van der Waals surface area contributed by atoms with Gasteiger partial charge in [0.1, 0.15) is 20.5 Å². The van der Waals surface area contributed by atoms with Gasteiger partial charge in [-0.1, -0.05) is 15.9 Å². The number of hydrogen-bond donors (Lipinski definition) is 1. The van der Waals surface area contributed by atoms with E-state index in [1.807, 2.05) is 0 Å². The zero-order valence-electron chi connectivity index (χ0n) is 10.4. The predicted octanol–water partition coefficient (Wildman–Crippen LogP) is 0.781. The van der Waals surface area contributed by atoms with Crippen LogP contribution in [0.3, 0.4) is 0 Å². The normalized spacial score (nSPS) is 12.4. The molecular formula is C10H14BrNO5S2. The molecule has 0 amide bonds. The number of hydrogen-bond acceptors (Lipinski definition) is 5. The van der Waals surface area contributed by atoms with Crippen molar-refractivity contribution in [1.82, 2.24) is 4.72 Å². The van der Waals surface area contributed by atoms with Crippen molar-refractivity contribution in [1.29, 1.82) is 0 Å². The van der Waals surface area contributed by atoms with Gasteiger partial charge in [0.25, 0.3) is 0 Å². The molecule has 0 spiro atoms. The Morgan fingerprint density at radius 3 is 2.42 bits per heavy atom. The molecule has 1 aromatic carbocycles. The maximum Gasteiger partial charge on any atom is 0.244 e. The van der Waals surface area contributed by atoms with E-state index in [1.165, 1.54) is 19.2 Å². The van der Waals surface area contributed by atoms with Crippen LogP contribution in [0, 0.1) is 0 Å². The zero-order valence-corrected chi connectivity index (χ0v) is 13.6. The smallest absolute Gasteiger partial charge is 0.244 e. The van der Waals surface area contributed by atoms with E-state index in [1.54, 1.807) is 6.07 Å². The molecule has 0 aliphatic heterocycles. The summed E-state index contributed by atoms with van der Waals surface area (Å²) in [6, 6.07) is 4.55. The first-order valence-corrected chi connectivity index (χ1v) is 9.50. The van der Waals surface area contributed by atoms with Gasteiger partial charge in [0, 0.05) is 17.3 Å². The average molecular weight is 372 g/mol. The van der Waals surface area contributed by atoms with Crippen molar-refractivity contribution in [3.8, 4) is 5.75 Å². The molecule has 9 heteroatoms. The van der Waals surface area contributed by atoms with E-state index in [4.69, 9.17) is 4.74 Å². The lowest BCUT2D eigenvalue weighted by molar-refractivity contribution is 0.402. The quantitative estimate of drug-likeness (QED) is 0.797. The molecule has 0 heterocycles. The van der Waals surface area contributed by atoms with Crippen LogP contribution in [0.5, 0.6) is 5.75 Å². The summed E-state index contributed by atoms with van der Waals surface area (Å²) in [5.41, 5.74) is 0. The second-order valence-corrected chi connectivity index (χ2v) is 8.73. The highest BCUT2D eigenvalue weighted by Gasteiger charge is 2.20. The van der Waals surface area contributed by atoms with Crippen molar-refractivity contribution >= 4 is 35.8 Å². The summed E-state index contributed by atoms with van der Waals surface area (Å²) in [6.07, 6.45) is 1.04. The molecule has 0 aliphatic rings. The highest BCUT2D eigenvalue weighted by molar-refractivity contribution is 9.10. The van der Waals surface area contributed by atoms with Gasteiger partial charge < -0.3 is 4.74 Å². The van der Waals surface area contributed by atoms with E-state index in [0.717, 1.165) is 6.26 Å². The van der Waals surface area contributed by atoms with E-state index in [0.29, 0.717) is 4.47 Å². The fourth-order valence-corrected chi connectivity index (χ4v) is 3.64. The van der Waals surface area contributed by atoms with Crippen molar-refractivity contribution in [2.45, 2.75) is 4.90 Å². The van der Waals surface area contributed by atoms with Gasteiger partial charge in [-0.3, -0.25) is 0 Å². The summed E-state index contributed by atoms with van der Waals surface area (Å²) < 4.78 is 53.8. The van der Waals surface area contributed by atoms with Crippen LogP contribution < -0.4 is 9.46 Å². The number of halogens is 1. The van der Waals surface area contributed by atoms with Crippen molar-refractivity contribution in [2.75, 3.05) is 25.7 Å². The molecule has 1 N–H and O–H groups in total. The van der Waals surface area contributed by atoms with Gasteiger partial charge in [0.2, 0.25) is 10.0 Å². The Bertz CT molecular complexity index is 654. The van der Waals surface area contributed by atoms with Crippen LogP contribution >= 0.6 is 15.9 Å². The Balaban J connectivity index is 2.97. The van der Waals surface area contributed by atoms with Gasteiger partial charge >= 0.3 is 0 Å². The summed E-state index contributed by atoms with van der Waals surface area (Å²) >= 11 is 3.17. The molecule has 19 heavy (non-hydrogen) atoms. The van der Waals surface area contributed by atoms with Crippen LogP contribution in [0.1, 0.15) is 0 Å². The zero-order chi connectivity index (χ0) is 14.7. The number of methoxy groups -OCH3 is 1. The highest BCUT2D eigenvalue weighted by Crippen LogP contribution is 2.26. The minimum Gasteiger partial charge on any atom is -0.495 e. The molecule has 0 aliphatic carbocycles.